The maximum Gasteiger partial charge on any atom is 0.160 e. The van der Waals surface area contributed by atoms with Crippen molar-refractivity contribution in [1.29, 1.82) is 0 Å². The molecule has 0 saturated carbocycles. The van der Waals surface area contributed by atoms with E-state index in [0.717, 1.165) is 45.0 Å². The number of hydrogen-bond acceptors (Lipinski definition) is 3. The normalized spacial score (nSPS) is 13.3. The molecule has 0 saturated heterocycles. The third kappa shape index (κ3) is 4.25. The number of benzene rings is 7. The second kappa shape index (κ2) is 10.4. The Balaban J connectivity index is 1.18. The highest BCUT2D eigenvalue weighted by Crippen LogP contribution is 2.49. The lowest BCUT2D eigenvalue weighted by atomic mass is 9.82. The van der Waals surface area contributed by atoms with Gasteiger partial charge in [0.15, 0.2) is 5.82 Å². The van der Waals surface area contributed by atoms with Gasteiger partial charge in [0, 0.05) is 34.5 Å². The Hall–Kier alpha value is -6.19. The molecule has 0 bridgehead atoms. The molecule has 3 nitrogen and oxygen atoms in total. The van der Waals surface area contributed by atoms with E-state index in [1.54, 1.807) is 6.20 Å². The second-order valence-corrected chi connectivity index (χ2v) is 13.7. The van der Waals surface area contributed by atoms with E-state index in [-0.39, 0.29) is 5.41 Å². The van der Waals surface area contributed by atoms with Crippen LogP contribution >= 0.6 is 0 Å². The fraction of sp³-hybridized carbons (Fsp3) is 0.0652. The summed E-state index contributed by atoms with van der Waals surface area (Å²) in [5.74, 6) is 0.726. The van der Waals surface area contributed by atoms with Crippen LogP contribution in [0.1, 0.15) is 25.0 Å². The van der Waals surface area contributed by atoms with Gasteiger partial charge in [-0.05, 0) is 83.9 Å². The van der Waals surface area contributed by atoms with Gasteiger partial charge in [-0.3, -0.25) is 4.98 Å². The average molecular weight is 626 g/mol. The van der Waals surface area contributed by atoms with Crippen molar-refractivity contribution in [3.8, 4) is 56.2 Å². The number of pyridine rings is 1. The first-order valence-electron chi connectivity index (χ1n) is 16.8. The lowest BCUT2D eigenvalue weighted by Crippen LogP contribution is -2.15. The van der Waals surface area contributed by atoms with Crippen molar-refractivity contribution in [3.63, 3.8) is 0 Å². The Kier molecular flexibility index (Phi) is 5.92. The van der Waals surface area contributed by atoms with Crippen LogP contribution in [0.3, 0.4) is 0 Å². The van der Waals surface area contributed by atoms with E-state index in [1.165, 1.54) is 54.6 Å². The summed E-state index contributed by atoms with van der Waals surface area (Å²) < 4.78 is 0. The van der Waals surface area contributed by atoms with E-state index in [2.05, 4.69) is 152 Å². The lowest BCUT2D eigenvalue weighted by molar-refractivity contribution is 0.660. The minimum absolute atomic E-state index is 0.115. The average Bonchev–Trinajstić information content (AvgIpc) is 3.39. The van der Waals surface area contributed by atoms with Crippen molar-refractivity contribution in [1.82, 2.24) is 15.0 Å². The summed E-state index contributed by atoms with van der Waals surface area (Å²) in [4.78, 5) is 14.9. The predicted molar refractivity (Wildman–Crippen MR) is 203 cm³/mol. The van der Waals surface area contributed by atoms with Crippen LogP contribution < -0.4 is 0 Å². The zero-order chi connectivity index (χ0) is 32.7. The molecule has 2 heterocycles. The molecule has 1 aliphatic rings. The number of rotatable bonds is 4. The van der Waals surface area contributed by atoms with E-state index in [0.29, 0.717) is 0 Å². The quantitative estimate of drug-likeness (QED) is 0.183. The third-order valence-corrected chi connectivity index (χ3v) is 10.5. The summed E-state index contributed by atoms with van der Waals surface area (Å²) in [6.45, 7) is 4.64. The molecule has 1 aliphatic carbocycles. The molecule has 9 aromatic rings. The van der Waals surface area contributed by atoms with Crippen LogP contribution in [0.25, 0.3) is 88.5 Å². The van der Waals surface area contributed by atoms with Crippen molar-refractivity contribution < 1.29 is 0 Å². The highest BCUT2D eigenvalue weighted by Gasteiger charge is 2.35. The number of nitrogens with zero attached hydrogens (tertiary/aromatic N) is 3. The summed E-state index contributed by atoms with van der Waals surface area (Å²) in [6, 6.07) is 50.4. The molecule has 0 radical (unpaired) electrons. The monoisotopic (exact) mass is 625 g/mol. The molecule has 0 spiro atoms. The Morgan fingerprint density at radius 1 is 0.449 bits per heavy atom. The number of aromatic nitrogens is 3. The van der Waals surface area contributed by atoms with E-state index in [9.17, 15) is 0 Å². The van der Waals surface area contributed by atoms with Crippen LogP contribution in [0.15, 0.2) is 152 Å². The summed E-state index contributed by atoms with van der Waals surface area (Å²) >= 11 is 0. The zero-order valence-electron chi connectivity index (χ0n) is 27.3. The fourth-order valence-electron chi connectivity index (χ4n) is 8.03. The van der Waals surface area contributed by atoms with Crippen LogP contribution in [0.5, 0.6) is 0 Å². The summed E-state index contributed by atoms with van der Waals surface area (Å²) in [7, 11) is 0. The van der Waals surface area contributed by atoms with Crippen molar-refractivity contribution in [2.45, 2.75) is 19.3 Å². The summed E-state index contributed by atoms with van der Waals surface area (Å²) in [6.07, 6.45) is 3.71. The molecular weight excluding hydrogens is 595 g/mol. The van der Waals surface area contributed by atoms with Gasteiger partial charge in [-0.2, -0.15) is 0 Å². The van der Waals surface area contributed by atoms with Gasteiger partial charge in [0.25, 0.3) is 0 Å². The van der Waals surface area contributed by atoms with Crippen LogP contribution in [0, 0.1) is 0 Å². The summed E-state index contributed by atoms with van der Waals surface area (Å²) in [5.41, 5.74) is 12.4. The minimum atomic E-state index is -0.115. The lowest BCUT2D eigenvalue weighted by Gasteiger charge is -2.22. The molecule has 0 fully saturated rings. The van der Waals surface area contributed by atoms with E-state index >= 15 is 0 Å². The van der Waals surface area contributed by atoms with Crippen LogP contribution in [0.4, 0.5) is 0 Å². The SMILES string of the molecule is CC1(C)c2ccccc2-c2ccc(-c3nc(-c4ccc(-c5cccnc5)cc4)cc(-c4ccc5ccc6cccc7ccc4c5c67)n3)cc21. The van der Waals surface area contributed by atoms with Crippen molar-refractivity contribution >= 4 is 32.3 Å². The number of hydrogen-bond donors (Lipinski definition) is 0. The van der Waals surface area contributed by atoms with Crippen molar-refractivity contribution in [2.24, 2.45) is 0 Å². The third-order valence-electron chi connectivity index (χ3n) is 10.5. The zero-order valence-corrected chi connectivity index (χ0v) is 27.3. The molecule has 0 aliphatic heterocycles. The van der Waals surface area contributed by atoms with Crippen LogP contribution in [-0.2, 0) is 5.41 Å². The maximum absolute atomic E-state index is 5.35. The molecule has 0 amide bonds. The van der Waals surface area contributed by atoms with Gasteiger partial charge < -0.3 is 0 Å². The molecule has 0 N–H and O–H groups in total. The molecule has 7 aromatic carbocycles. The standard InChI is InChI=1S/C46H31N3/c1-46(2)39-11-4-3-10-35(39)36-21-20-33(25-40(36)46)45-48-41(29-14-12-28(13-15-29)34-9-6-24-47-27-34)26-42(49-45)37-22-18-32-17-16-30-7-5-8-31-19-23-38(37)44(32)43(30)31/h3-27H,1-2H3. The second-order valence-electron chi connectivity index (χ2n) is 13.7. The molecule has 10 rings (SSSR count). The van der Waals surface area contributed by atoms with Gasteiger partial charge >= 0.3 is 0 Å². The Morgan fingerprint density at radius 2 is 1.12 bits per heavy atom. The van der Waals surface area contributed by atoms with Crippen LogP contribution in [0.2, 0.25) is 0 Å². The van der Waals surface area contributed by atoms with E-state index in [4.69, 9.17) is 9.97 Å². The first-order chi connectivity index (χ1) is 24.0. The van der Waals surface area contributed by atoms with Crippen LogP contribution in [-0.4, -0.2) is 15.0 Å². The fourth-order valence-corrected chi connectivity index (χ4v) is 8.03. The molecule has 2 aromatic heterocycles. The highest BCUT2D eigenvalue weighted by molar-refractivity contribution is 6.25. The van der Waals surface area contributed by atoms with Crippen molar-refractivity contribution in [3.05, 3.63) is 163 Å². The topological polar surface area (TPSA) is 38.7 Å². The Morgan fingerprint density at radius 3 is 1.94 bits per heavy atom. The molecule has 49 heavy (non-hydrogen) atoms. The van der Waals surface area contributed by atoms with Crippen molar-refractivity contribution in [2.75, 3.05) is 0 Å². The summed E-state index contributed by atoms with van der Waals surface area (Å²) in [5, 5.41) is 7.55. The van der Waals surface area contributed by atoms with E-state index < -0.39 is 0 Å². The first-order valence-corrected chi connectivity index (χ1v) is 16.8. The molecule has 0 unspecified atom stereocenters. The van der Waals surface area contributed by atoms with Gasteiger partial charge in [-0.15, -0.1) is 0 Å². The number of fused-ring (bicyclic) bond motifs is 3. The molecular formula is C46H31N3. The minimum Gasteiger partial charge on any atom is -0.264 e. The van der Waals surface area contributed by atoms with Gasteiger partial charge in [-0.1, -0.05) is 135 Å². The van der Waals surface area contributed by atoms with Gasteiger partial charge in [-0.25, -0.2) is 9.97 Å². The van der Waals surface area contributed by atoms with E-state index in [1.807, 2.05) is 12.3 Å². The largest absolute Gasteiger partial charge is 0.264 e. The van der Waals surface area contributed by atoms with Gasteiger partial charge in [0.1, 0.15) is 0 Å². The first kappa shape index (κ1) is 27.9. The van der Waals surface area contributed by atoms with Gasteiger partial charge in [0.05, 0.1) is 11.4 Å². The smallest absolute Gasteiger partial charge is 0.160 e. The highest BCUT2D eigenvalue weighted by atomic mass is 14.9. The Bertz CT molecular complexity index is 2710. The Labute approximate surface area is 284 Å². The maximum atomic E-state index is 5.35. The molecule has 230 valence electrons. The predicted octanol–water partition coefficient (Wildman–Crippen LogP) is 11.7. The van der Waals surface area contributed by atoms with Gasteiger partial charge in [0.2, 0.25) is 0 Å². The molecule has 0 atom stereocenters. The molecule has 3 heteroatoms.